The van der Waals surface area contributed by atoms with E-state index >= 15 is 0 Å². The number of anilines is 1. The minimum atomic E-state index is -0.396. The molecule has 7 heteroatoms. The molecule has 4 rings (SSSR count). The average molecular weight is 389 g/mol. The number of pyridine rings is 1. The summed E-state index contributed by atoms with van der Waals surface area (Å²) < 4.78 is 18.5. The van der Waals surface area contributed by atoms with Crippen LogP contribution in [0.25, 0.3) is 22.4 Å². The fraction of sp³-hybridized carbons (Fsp3) is 0.0909. The number of ketones is 1. The fourth-order valence-corrected chi connectivity index (χ4v) is 3.06. The second-order valence-electron chi connectivity index (χ2n) is 6.60. The smallest absolute Gasteiger partial charge is 0.259 e. The Morgan fingerprint density at radius 1 is 1.07 bits per heavy atom. The number of halogens is 1. The highest BCUT2D eigenvalue weighted by Crippen LogP contribution is 2.28. The van der Waals surface area contributed by atoms with Gasteiger partial charge in [0.2, 0.25) is 0 Å². The SMILES string of the molecule is CC(=O)c1cccc(NC(=O)c2cc(-c3ccc(F)cc3)nc3onc(C)c23)c1. The first-order chi connectivity index (χ1) is 13.9. The molecular weight excluding hydrogens is 373 g/mol. The molecule has 2 aromatic heterocycles. The molecule has 0 aliphatic carbocycles. The van der Waals surface area contributed by atoms with Crippen molar-refractivity contribution < 1.29 is 18.5 Å². The Morgan fingerprint density at radius 2 is 1.83 bits per heavy atom. The third-order valence-electron chi connectivity index (χ3n) is 4.53. The topological polar surface area (TPSA) is 85.1 Å². The van der Waals surface area contributed by atoms with Gasteiger partial charge in [-0.1, -0.05) is 17.3 Å². The standard InChI is InChI=1S/C22H16FN3O3/c1-12-20-18(21(28)24-17-5-3-4-15(10-17)13(2)27)11-19(25-22(20)29-26-12)14-6-8-16(23)9-7-14/h3-11H,1-2H3,(H,24,28). The van der Waals surface area contributed by atoms with E-state index in [1.54, 1.807) is 49.4 Å². The molecule has 2 heterocycles. The number of aromatic nitrogens is 2. The van der Waals surface area contributed by atoms with Crippen molar-refractivity contribution in [3.8, 4) is 11.3 Å². The molecule has 0 saturated carbocycles. The summed E-state index contributed by atoms with van der Waals surface area (Å²) in [4.78, 5) is 29.0. The lowest BCUT2D eigenvalue weighted by Gasteiger charge is -2.09. The van der Waals surface area contributed by atoms with Crippen molar-refractivity contribution in [2.75, 3.05) is 5.32 Å². The normalized spacial score (nSPS) is 10.9. The van der Waals surface area contributed by atoms with Crippen LogP contribution in [0.4, 0.5) is 10.1 Å². The van der Waals surface area contributed by atoms with E-state index in [0.29, 0.717) is 39.2 Å². The minimum Gasteiger partial charge on any atom is -0.335 e. The van der Waals surface area contributed by atoms with Crippen LogP contribution in [-0.2, 0) is 0 Å². The second-order valence-corrected chi connectivity index (χ2v) is 6.60. The second kappa shape index (κ2) is 7.27. The number of carbonyl (C=O) groups excluding carboxylic acids is 2. The molecule has 0 bridgehead atoms. The number of nitrogens with one attached hydrogen (secondary N) is 1. The molecule has 0 aliphatic rings. The number of benzene rings is 2. The van der Waals surface area contributed by atoms with Gasteiger partial charge in [0.05, 0.1) is 22.3 Å². The van der Waals surface area contributed by atoms with Crippen molar-refractivity contribution in [1.29, 1.82) is 0 Å². The highest BCUT2D eigenvalue weighted by Gasteiger charge is 2.20. The number of hydrogen-bond acceptors (Lipinski definition) is 5. The molecule has 0 aliphatic heterocycles. The van der Waals surface area contributed by atoms with Gasteiger partial charge in [0.1, 0.15) is 5.82 Å². The first-order valence-corrected chi connectivity index (χ1v) is 8.87. The maximum Gasteiger partial charge on any atom is 0.259 e. The predicted molar refractivity (Wildman–Crippen MR) is 106 cm³/mol. The molecular formula is C22H16FN3O3. The van der Waals surface area contributed by atoms with Gasteiger partial charge in [-0.25, -0.2) is 9.37 Å². The van der Waals surface area contributed by atoms with Crippen molar-refractivity contribution in [3.05, 3.63) is 77.2 Å². The number of hydrogen-bond donors (Lipinski definition) is 1. The van der Waals surface area contributed by atoms with Crippen LogP contribution >= 0.6 is 0 Å². The fourth-order valence-electron chi connectivity index (χ4n) is 3.06. The summed E-state index contributed by atoms with van der Waals surface area (Å²) in [6.45, 7) is 3.18. The molecule has 0 saturated heterocycles. The molecule has 0 fully saturated rings. The molecule has 144 valence electrons. The van der Waals surface area contributed by atoms with E-state index < -0.39 is 5.91 Å². The van der Waals surface area contributed by atoms with Crippen LogP contribution in [0, 0.1) is 12.7 Å². The molecule has 2 aromatic carbocycles. The van der Waals surface area contributed by atoms with Crippen molar-refractivity contribution in [2.24, 2.45) is 0 Å². The quantitative estimate of drug-likeness (QED) is 0.507. The Bertz CT molecular complexity index is 1250. The summed E-state index contributed by atoms with van der Waals surface area (Å²) in [5.41, 5.74) is 3.14. The molecule has 6 nitrogen and oxygen atoms in total. The minimum absolute atomic E-state index is 0.0964. The van der Waals surface area contributed by atoms with Gasteiger partial charge in [0.25, 0.3) is 11.6 Å². The molecule has 1 N–H and O–H groups in total. The van der Waals surface area contributed by atoms with Gasteiger partial charge >= 0.3 is 0 Å². The summed E-state index contributed by atoms with van der Waals surface area (Å²) in [7, 11) is 0. The highest BCUT2D eigenvalue weighted by atomic mass is 19.1. The van der Waals surface area contributed by atoms with Crippen LogP contribution in [0.15, 0.2) is 59.1 Å². The van der Waals surface area contributed by atoms with Crippen LogP contribution in [-0.4, -0.2) is 21.8 Å². The van der Waals surface area contributed by atoms with Crippen molar-refractivity contribution in [1.82, 2.24) is 10.1 Å². The summed E-state index contributed by atoms with van der Waals surface area (Å²) in [5, 5.41) is 7.21. The van der Waals surface area contributed by atoms with E-state index in [2.05, 4.69) is 15.5 Å². The predicted octanol–water partition coefficient (Wildman–Crippen LogP) is 4.79. The Balaban J connectivity index is 1.78. The summed E-state index contributed by atoms with van der Waals surface area (Å²) in [6.07, 6.45) is 0. The van der Waals surface area contributed by atoms with Crippen LogP contribution in [0.3, 0.4) is 0 Å². The lowest BCUT2D eigenvalue weighted by Crippen LogP contribution is -2.13. The monoisotopic (exact) mass is 389 g/mol. The molecule has 29 heavy (non-hydrogen) atoms. The number of nitrogens with zero attached hydrogens (tertiary/aromatic N) is 2. The van der Waals surface area contributed by atoms with E-state index in [1.807, 2.05) is 0 Å². The third-order valence-corrected chi connectivity index (χ3v) is 4.53. The lowest BCUT2D eigenvalue weighted by molar-refractivity contribution is 0.101. The van der Waals surface area contributed by atoms with E-state index in [1.165, 1.54) is 19.1 Å². The molecule has 0 unspecified atom stereocenters. The van der Waals surface area contributed by atoms with Gasteiger partial charge < -0.3 is 9.84 Å². The zero-order valence-electron chi connectivity index (χ0n) is 15.7. The first-order valence-electron chi connectivity index (χ1n) is 8.87. The van der Waals surface area contributed by atoms with Crippen molar-refractivity contribution in [3.63, 3.8) is 0 Å². The highest BCUT2D eigenvalue weighted by molar-refractivity contribution is 6.13. The molecule has 0 spiro atoms. The number of fused-ring (bicyclic) bond motifs is 1. The average Bonchev–Trinajstić information content (AvgIpc) is 3.09. The van der Waals surface area contributed by atoms with Crippen molar-refractivity contribution in [2.45, 2.75) is 13.8 Å². The number of Topliss-reactive ketones (excluding diaryl/α,β-unsaturated/α-hetero) is 1. The van der Waals surface area contributed by atoms with Gasteiger partial charge in [0, 0.05) is 16.8 Å². The van der Waals surface area contributed by atoms with Crippen LogP contribution < -0.4 is 5.32 Å². The summed E-state index contributed by atoms with van der Waals surface area (Å²) in [5.74, 6) is -0.859. The van der Waals surface area contributed by atoms with Gasteiger partial charge in [0.15, 0.2) is 5.78 Å². The van der Waals surface area contributed by atoms with E-state index in [-0.39, 0.29) is 17.3 Å². The van der Waals surface area contributed by atoms with Crippen LogP contribution in [0.5, 0.6) is 0 Å². The maximum atomic E-state index is 13.3. The van der Waals surface area contributed by atoms with Crippen LogP contribution in [0.2, 0.25) is 0 Å². The molecule has 0 atom stereocenters. The Labute approximate surface area is 165 Å². The Morgan fingerprint density at radius 3 is 2.55 bits per heavy atom. The van der Waals surface area contributed by atoms with Gasteiger partial charge in [-0.05, 0) is 56.3 Å². The summed E-state index contributed by atoms with van der Waals surface area (Å²) >= 11 is 0. The van der Waals surface area contributed by atoms with E-state index in [0.717, 1.165) is 0 Å². The van der Waals surface area contributed by atoms with Gasteiger partial charge in [-0.2, -0.15) is 0 Å². The number of carbonyl (C=O) groups is 2. The van der Waals surface area contributed by atoms with Crippen molar-refractivity contribution >= 4 is 28.5 Å². The van der Waals surface area contributed by atoms with Gasteiger partial charge in [-0.3, -0.25) is 9.59 Å². The Kier molecular flexibility index (Phi) is 4.64. The molecule has 1 amide bonds. The lowest BCUT2D eigenvalue weighted by atomic mass is 10.0. The number of rotatable bonds is 4. The molecule has 4 aromatic rings. The first kappa shape index (κ1) is 18.5. The molecule has 0 radical (unpaired) electrons. The van der Waals surface area contributed by atoms with E-state index in [4.69, 9.17) is 4.52 Å². The van der Waals surface area contributed by atoms with Gasteiger partial charge in [-0.15, -0.1) is 0 Å². The number of amides is 1. The Hall–Kier alpha value is -3.87. The van der Waals surface area contributed by atoms with E-state index in [9.17, 15) is 14.0 Å². The zero-order chi connectivity index (χ0) is 20.5. The summed E-state index contributed by atoms with van der Waals surface area (Å²) in [6, 6.07) is 14.1. The largest absolute Gasteiger partial charge is 0.335 e. The third kappa shape index (κ3) is 3.62. The number of aryl methyl sites for hydroxylation is 1. The van der Waals surface area contributed by atoms with Crippen LogP contribution in [0.1, 0.15) is 33.3 Å². The zero-order valence-corrected chi connectivity index (χ0v) is 15.7. The maximum absolute atomic E-state index is 13.3.